The Balaban J connectivity index is 1.51. The number of nitrogens with two attached hydrogens (primary N) is 1. The average molecular weight is 547 g/mol. The summed E-state index contributed by atoms with van der Waals surface area (Å²) in [6, 6.07) is 14.7. The van der Waals surface area contributed by atoms with E-state index in [1.807, 2.05) is 61.9 Å². The molecule has 3 heterocycles. The van der Waals surface area contributed by atoms with E-state index in [1.54, 1.807) is 24.3 Å². The molecule has 0 radical (unpaired) electrons. The van der Waals surface area contributed by atoms with Crippen LogP contribution >= 0.6 is 0 Å². The van der Waals surface area contributed by atoms with E-state index in [9.17, 15) is 9.18 Å². The Morgan fingerprint density at radius 1 is 1.18 bits per heavy atom. The number of fused-ring (bicyclic) bond motifs is 1. The van der Waals surface area contributed by atoms with Gasteiger partial charge in [0, 0.05) is 37.4 Å². The number of amides is 1. The zero-order valence-electron chi connectivity index (χ0n) is 23.3. The van der Waals surface area contributed by atoms with E-state index in [4.69, 9.17) is 20.3 Å². The fourth-order valence-corrected chi connectivity index (χ4v) is 4.90. The summed E-state index contributed by atoms with van der Waals surface area (Å²) >= 11 is 0. The molecule has 40 heavy (non-hydrogen) atoms. The minimum Gasteiger partial charge on any atom is -0.497 e. The standard InChI is InChI=1S/C30H35FN6O3/c1-30(2,3)40-29(38)36-14-12-22(18-36)34-27-26-24(20-7-8-21(16-32)25(31)15-20)11-13-33-28(26)37(35-27)17-19-5-9-23(39-4)10-6-19/h5-11,13,15,22H,12,14,16-18,32H2,1-4H3,(H,34,35)/t22-/m1/s1. The van der Waals surface area contributed by atoms with Crippen LogP contribution in [0.1, 0.15) is 38.3 Å². The number of hydrogen-bond acceptors (Lipinski definition) is 7. The lowest BCUT2D eigenvalue weighted by molar-refractivity contribution is 0.0293. The van der Waals surface area contributed by atoms with Crippen LogP contribution in [0.15, 0.2) is 54.7 Å². The molecule has 5 rings (SSSR count). The molecule has 10 heteroatoms. The first kappa shape index (κ1) is 27.4. The van der Waals surface area contributed by atoms with Gasteiger partial charge in [0.25, 0.3) is 0 Å². The number of pyridine rings is 1. The first-order valence-corrected chi connectivity index (χ1v) is 13.4. The van der Waals surface area contributed by atoms with Crippen molar-refractivity contribution in [2.45, 2.75) is 51.9 Å². The molecular formula is C30H35FN6O3. The Kier molecular flexibility index (Phi) is 7.62. The van der Waals surface area contributed by atoms with Crippen molar-refractivity contribution in [2.24, 2.45) is 5.73 Å². The highest BCUT2D eigenvalue weighted by molar-refractivity contribution is 6.01. The summed E-state index contributed by atoms with van der Waals surface area (Å²) in [6.07, 6.45) is 2.12. The van der Waals surface area contributed by atoms with Gasteiger partial charge in [-0.3, -0.25) is 0 Å². The lowest BCUT2D eigenvalue weighted by atomic mass is 10.0. The summed E-state index contributed by atoms with van der Waals surface area (Å²) < 4.78 is 27.5. The fraction of sp³-hybridized carbons (Fsp3) is 0.367. The number of methoxy groups -OCH3 is 1. The molecule has 0 unspecified atom stereocenters. The van der Waals surface area contributed by atoms with Crippen molar-refractivity contribution in [3.63, 3.8) is 0 Å². The maximum absolute atomic E-state index is 14.8. The molecule has 1 saturated heterocycles. The number of aromatic nitrogens is 3. The van der Waals surface area contributed by atoms with Crippen LogP contribution in [-0.4, -0.2) is 57.6 Å². The minimum atomic E-state index is -0.561. The van der Waals surface area contributed by atoms with E-state index in [0.717, 1.165) is 28.7 Å². The monoisotopic (exact) mass is 546 g/mol. The normalized spacial score (nSPS) is 15.4. The van der Waals surface area contributed by atoms with Gasteiger partial charge >= 0.3 is 6.09 Å². The van der Waals surface area contributed by atoms with E-state index >= 15 is 0 Å². The third kappa shape index (κ3) is 5.86. The van der Waals surface area contributed by atoms with Crippen LogP contribution < -0.4 is 15.8 Å². The van der Waals surface area contributed by atoms with E-state index < -0.39 is 5.60 Å². The largest absolute Gasteiger partial charge is 0.497 e. The lowest BCUT2D eigenvalue weighted by Crippen LogP contribution is -2.36. The van der Waals surface area contributed by atoms with Crippen LogP contribution in [0.3, 0.4) is 0 Å². The minimum absolute atomic E-state index is 0.0375. The van der Waals surface area contributed by atoms with Crippen LogP contribution in [0.4, 0.5) is 15.0 Å². The van der Waals surface area contributed by atoms with Crippen LogP contribution in [0.5, 0.6) is 5.75 Å². The Hall–Kier alpha value is -4.18. The maximum Gasteiger partial charge on any atom is 0.410 e. The third-order valence-corrected chi connectivity index (χ3v) is 6.89. The molecule has 0 aliphatic carbocycles. The SMILES string of the molecule is COc1ccc(Cn2nc(N[C@@H]3CCN(C(=O)OC(C)(C)C)C3)c3c(-c4ccc(CN)c(F)c4)ccnc32)cc1. The van der Waals surface area contributed by atoms with Crippen molar-refractivity contribution >= 4 is 22.9 Å². The zero-order chi connectivity index (χ0) is 28.4. The van der Waals surface area contributed by atoms with Gasteiger partial charge in [0.2, 0.25) is 0 Å². The number of rotatable bonds is 7. The van der Waals surface area contributed by atoms with Crippen LogP contribution in [0, 0.1) is 5.82 Å². The number of carbonyl (C=O) groups excluding carboxylic acids is 1. The second-order valence-corrected chi connectivity index (χ2v) is 11.0. The van der Waals surface area contributed by atoms with Gasteiger partial charge in [0.05, 0.1) is 19.0 Å². The predicted octanol–water partition coefficient (Wildman–Crippen LogP) is 5.17. The maximum atomic E-state index is 14.8. The lowest BCUT2D eigenvalue weighted by Gasteiger charge is -2.24. The fourth-order valence-electron chi connectivity index (χ4n) is 4.90. The van der Waals surface area contributed by atoms with Crippen molar-refractivity contribution in [3.05, 3.63) is 71.7 Å². The molecule has 210 valence electrons. The number of nitrogens with one attached hydrogen (secondary N) is 1. The van der Waals surface area contributed by atoms with Gasteiger partial charge in [-0.2, -0.15) is 5.10 Å². The van der Waals surface area contributed by atoms with Gasteiger partial charge in [0.1, 0.15) is 17.2 Å². The quantitative estimate of drug-likeness (QED) is 0.329. The summed E-state index contributed by atoms with van der Waals surface area (Å²) in [7, 11) is 1.63. The number of nitrogens with zero attached hydrogens (tertiary/aromatic N) is 4. The second kappa shape index (κ2) is 11.1. The molecule has 1 aliphatic rings. The van der Waals surface area contributed by atoms with Gasteiger partial charge in [-0.15, -0.1) is 0 Å². The van der Waals surface area contributed by atoms with Crippen molar-refractivity contribution < 1.29 is 18.7 Å². The molecule has 4 aromatic rings. The number of ether oxygens (including phenoxy) is 2. The Morgan fingerprint density at radius 2 is 1.95 bits per heavy atom. The van der Waals surface area contributed by atoms with Crippen LogP contribution in [0.25, 0.3) is 22.2 Å². The molecule has 2 aromatic carbocycles. The number of likely N-dealkylation sites (tertiary alicyclic amines) is 1. The molecule has 2 aromatic heterocycles. The molecule has 1 fully saturated rings. The average Bonchev–Trinajstić information content (AvgIpc) is 3.53. The van der Waals surface area contributed by atoms with E-state index in [2.05, 4.69) is 10.3 Å². The van der Waals surface area contributed by atoms with E-state index in [-0.39, 0.29) is 24.5 Å². The summed E-state index contributed by atoms with van der Waals surface area (Å²) in [5.41, 5.74) is 8.78. The van der Waals surface area contributed by atoms with Crippen molar-refractivity contribution in [1.29, 1.82) is 0 Å². The number of anilines is 1. The van der Waals surface area contributed by atoms with Gasteiger partial charge in [0.15, 0.2) is 11.5 Å². The third-order valence-electron chi connectivity index (χ3n) is 6.89. The Labute approximate surface area is 233 Å². The van der Waals surface area contributed by atoms with Crippen molar-refractivity contribution in [2.75, 3.05) is 25.5 Å². The van der Waals surface area contributed by atoms with E-state index in [1.165, 1.54) is 6.07 Å². The summed E-state index contributed by atoms with van der Waals surface area (Å²) in [6.45, 7) is 7.24. The first-order chi connectivity index (χ1) is 19.1. The van der Waals surface area contributed by atoms with Crippen molar-refractivity contribution in [3.8, 4) is 16.9 Å². The zero-order valence-corrected chi connectivity index (χ0v) is 23.3. The van der Waals surface area contributed by atoms with Gasteiger partial charge in [-0.05, 0) is 68.1 Å². The molecule has 9 nitrogen and oxygen atoms in total. The molecular weight excluding hydrogens is 511 g/mol. The molecule has 1 amide bonds. The summed E-state index contributed by atoms with van der Waals surface area (Å²) in [4.78, 5) is 19.0. The second-order valence-electron chi connectivity index (χ2n) is 11.0. The molecule has 0 saturated carbocycles. The van der Waals surface area contributed by atoms with Crippen molar-refractivity contribution in [1.82, 2.24) is 19.7 Å². The van der Waals surface area contributed by atoms with Crippen LogP contribution in [0.2, 0.25) is 0 Å². The Bertz CT molecular complexity index is 1510. The smallest absolute Gasteiger partial charge is 0.410 e. The topological polar surface area (TPSA) is 108 Å². The molecule has 0 bridgehead atoms. The van der Waals surface area contributed by atoms with Crippen LogP contribution in [-0.2, 0) is 17.8 Å². The summed E-state index contributed by atoms with van der Waals surface area (Å²) in [5.74, 6) is 1.05. The number of hydrogen-bond donors (Lipinski definition) is 2. The highest BCUT2D eigenvalue weighted by atomic mass is 19.1. The number of halogens is 1. The van der Waals surface area contributed by atoms with Gasteiger partial charge < -0.3 is 25.4 Å². The number of benzene rings is 2. The highest BCUT2D eigenvalue weighted by Crippen LogP contribution is 2.35. The van der Waals surface area contributed by atoms with Gasteiger partial charge in [-0.1, -0.05) is 24.3 Å². The summed E-state index contributed by atoms with van der Waals surface area (Å²) in [5, 5.41) is 9.26. The molecule has 3 N–H and O–H groups in total. The predicted molar refractivity (Wildman–Crippen MR) is 153 cm³/mol. The molecule has 1 aliphatic heterocycles. The number of carbonyl (C=O) groups is 1. The highest BCUT2D eigenvalue weighted by Gasteiger charge is 2.31. The molecule has 0 spiro atoms. The first-order valence-electron chi connectivity index (χ1n) is 13.4. The van der Waals surface area contributed by atoms with Gasteiger partial charge in [-0.25, -0.2) is 18.9 Å². The molecule has 1 atom stereocenters. The van der Waals surface area contributed by atoms with E-state index in [0.29, 0.717) is 42.2 Å². The Morgan fingerprint density at radius 3 is 2.62 bits per heavy atom.